The van der Waals surface area contributed by atoms with Crippen molar-refractivity contribution in [1.29, 1.82) is 0 Å². The Balaban J connectivity index is 1.45. The minimum Gasteiger partial charge on any atom is -0.496 e. The SMILES string of the molecule is COc1ccccc1[C@H](CNC(=O)[C@@H]1Cc2ccccc2S1)N1CCCC1. The van der Waals surface area contributed by atoms with Gasteiger partial charge < -0.3 is 10.1 Å². The topological polar surface area (TPSA) is 41.6 Å². The van der Waals surface area contributed by atoms with Crippen LogP contribution in [0, 0.1) is 0 Å². The summed E-state index contributed by atoms with van der Waals surface area (Å²) in [4.78, 5) is 16.5. The van der Waals surface area contributed by atoms with Gasteiger partial charge in [0, 0.05) is 17.0 Å². The largest absolute Gasteiger partial charge is 0.496 e. The Hall–Kier alpha value is -1.98. The minimum absolute atomic E-state index is 0.0284. The number of carbonyl (C=O) groups is 1. The van der Waals surface area contributed by atoms with E-state index in [-0.39, 0.29) is 17.2 Å². The Kier molecular flexibility index (Phi) is 5.69. The van der Waals surface area contributed by atoms with E-state index in [1.165, 1.54) is 23.3 Å². The lowest BCUT2D eigenvalue weighted by Gasteiger charge is -2.29. The van der Waals surface area contributed by atoms with E-state index in [9.17, 15) is 4.79 Å². The van der Waals surface area contributed by atoms with Crippen LogP contribution in [0.15, 0.2) is 53.4 Å². The van der Waals surface area contributed by atoms with E-state index in [1.807, 2.05) is 30.3 Å². The zero-order chi connectivity index (χ0) is 18.6. The second-order valence-corrected chi connectivity index (χ2v) is 8.41. The van der Waals surface area contributed by atoms with E-state index in [0.29, 0.717) is 6.54 Å². The summed E-state index contributed by atoms with van der Waals surface area (Å²) in [6, 6.07) is 16.6. The highest BCUT2D eigenvalue weighted by atomic mass is 32.2. The summed E-state index contributed by atoms with van der Waals surface area (Å²) in [5.74, 6) is 1.03. The quantitative estimate of drug-likeness (QED) is 0.828. The highest BCUT2D eigenvalue weighted by molar-refractivity contribution is 8.01. The maximum Gasteiger partial charge on any atom is 0.233 e. The lowest BCUT2D eigenvalue weighted by molar-refractivity contribution is -0.120. The minimum atomic E-state index is -0.0284. The van der Waals surface area contributed by atoms with Crippen LogP contribution in [0.3, 0.4) is 0 Å². The molecule has 1 amide bonds. The molecule has 2 aromatic rings. The molecule has 0 unspecified atom stereocenters. The molecule has 0 radical (unpaired) electrons. The summed E-state index contributed by atoms with van der Waals surface area (Å²) < 4.78 is 5.59. The number of methoxy groups -OCH3 is 1. The standard InChI is InChI=1S/C22H26N2O2S/c1-26-19-10-4-3-9-17(19)18(24-12-6-7-13-24)15-23-22(25)21-14-16-8-2-5-11-20(16)27-21/h2-5,8-11,18,21H,6-7,12-15H2,1H3,(H,23,25)/t18-,21-/m0/s1. The van der Waals surface area contributed by atoms with Crippen LogP contribution in [-0.4, -0.2) is 42.8 Å². The third-order valence-corrected chi connectivity index (χ3v) is 6.81. The molecule has 0 saturated carbocycles. The first-order valence-corrected chi connectivity index (χ1v) is 10.5. The number of hydrogen-bond donors (Lipinski definition) is 1. The number of nitrogens with one attached hydrogen (secondary N) is 1. The molecular weight excluding hydrogens is 356 g/mol. The highest BCUT2D eigenvalue weighted by Gasteiger charge is 2.30. The fourth-order valence-electron chi connectivity index (χ4n) is 4.07. The van der Waals surface area contributed by atoms with Crippen molar-refractivity contribution in [2.45, 2.75) is 35.4 Å². The van der Waals surface area contributed by atoms with Crippen molar-refractivity contribution in [3.8, 4) is 5.75 Å². The zero-order valence-electron chi connectivity index (χ0n) is 15.7. The average molecular weight is 383 g/mol. The molecule has 2 heterocycles. The van der Waals surface area contributed by atoms with E-state index in [0.717, 1.165) is 30.8 Å². The molecule has 2 aromatic carbocycles. The average Bonchev–Trinajstić information content (AvgIpc) is 3.38. The van der Waals surface area contributed by atoms with Gasteiger partial charge in [-0.1, -0.05) is 36.4 Å². The van der Waals surface area contributed by atoms with E-state index in [2.05, 4.69) is 28.4 Å². The van der Waals surface area contributed by atoms with Gasteiger partial charge >= 0.3 is 0 Å². The number of rotatable bonds is 6. The third-order valence-electron chi connectivity index (χ3n) is 5.49. The number of carbonyl (C=O) groups excluding carboxylic acids is 1. The highest BCUT2D eigenvalue weighted by Crippen LogP contribution is 2.37. The Morgan fingerprint density at radius 3 is 2.70 bits per heavy atom. The molecule has 0 spiro atoms. The summed E-state index contributed by atoms with van der Waals surface area (Å²) >= 11 is 1.68. The van der Waals surface area contributed by atoms with E-state index >= 15 is 0 Å². The summed E-state index contributed by atoms with van der Waals surface area (Å²) in [5, 5.41) is 3.20. The van der Waals surface area contributed by atoms with Gasteiger partial charge in [-0.05, 0) is 50.0 Å². The van der Waals surface area contributed by atoms with Crippen LogP contribution in [0.5, 0.6) is 5.75 Å². The van der Waals surface area contributed by atoms with Gasteiger partial charge in [0.2, 0.25) is 5.91 Å². The van der Waals surface area contributed by atoms with Crippen molar-refractivity contribution in [1.82, 2.24) is 10.2 Å². The normalized spacial score (nSPS) is 20.3. The molecule has 4 rings (SSSR count). The van der Waals surface area contributed by atoms with Crippen molar-refractivity contribution >= 4 is 17.7 Å². The number of fused-ring (bicyclic) bond motifs is 1. The van der Waals surface area contributed by atoms with Gasteiger partial charge in [-0.2, -0.15) is 0 Å². The van der Waals surface area contributed by atoms with Crippen molar-refractivity contribution in [3.05, 3.63) is 59.7 Å². The summed E-state index contributed by atoms with van der Waals surface area (Å²) in [6.07, 6.45) is 3.25. The molecule has 142 valence electrons. The van der Waals surface area contributed by atoms with Crippen LogP contribution in [0.1, 0.15) is 30.0 Å². The Labute approximate surface area is 165 Å². The molecule has 1 N–H and O–H groups in total. The van der Waals surface area contributed by atoms with Crippen LogP contribution >= 0.6 is 11.8 Å². The van der Waals surface area contributed by atoms with Crippen molar-refractivity contribution < 1.29 is 9.53 Å². The van der Waals surface area contributed by atoms with Gasteiger partial charge in [-0.25, -0.2) is 0 Å². The number of hydrogen-bond acceptors (Lipinski definition) is 4. The zero-order valence-corrected chi connectivity index (χ0v) is 16.5. The molecule has 2 aliphatic rings. The summed E-state index contributed by atoms with van der Waals surface area (Å²) in [7, 11) is 1.71. The van der Waals surface area contributed by atoms with Crippen LogP contribution in [0.4, 0.5) is 0 Å². The maximum absolute atomic E-state index is 12.8. The molecule has 4 nitrogen and oxygen atoms in total. The van der Waals surface area contributed by atoms with Gasteiger partial charge in [0.05, 0.1) is 18.4 Å². The first-order chi connectivity index (χ1) is 13.3. The molecule has 0 aromatic heterocycles. The number of thioether (sulfide) groups is 1. The molecule has 2 aliphatic heterocycles. The van der Waals surface area contributed by atoms with Crippen molar-refractivity contribution in [3.63, 3.8) is 0 Å². The van der Waals surface area contributed by atoms with Crippen molar-refractivity contribution in [2.24, 2.45) is 0 Å². The number of nitrogens with zero attached hydrogens (tertiary/aromatic N) is 1. The van der Waals surface area contributed by atoms with Crippen molar-refractivity contribution in [2.75, 3.05) is 26.7 Å². The molecule has 0 aliphatic carbocycles. The number of benzene rings is 2. The monoisotopic (exact) mass is 382 g/mol. The summed E-state index contributed by atoms with van der Waals surface area (Å²) in [6.45, 7) is 2.76. The predicted octanol–water partition coefficient (Wildman–Crippen LogP) is 3.67. The fourth-order valence-corrected chi connectivity index (χ4v) is 5.29. The Morgan fingerprint density at radius 2 is 1.93 bits per heavy atom. The summed E-state index contributed by atoms with van der Waals surface area (Å²) in [5.41, 5.74) is 2.44. The van der Waals surface area contributed by atoms with E-state index in [4.69, 9.17) is 4.74 Å². The second-order valence-electron chi connectivity index (χ2n) is 7.16. The number of likely N-dealkylation sites (tertiary alicyclic amines) is 1. The van der Waals surface area contributed by atoms with E-state index < -0.39 is 0 Å². The number of para-hydroxylation sites is 1. The van der Waals surface area contributed by atoms with Gasteiger partial charge in [0.1, 0.15) is 5.75 Å². The predicted molar refractivity (Wildman–Crippen MR) is 109 cm³/mol. The van der Waals surface area contributed by atoms with Crippen LogP contribution in [-0.2, 0) is 11.2 Å². The maximum atomic E-state index is 12.8. The lowest BCUT2D eigenvalue weighted by Crippen LogP contribution is -2.40. The van der Waals surface area contributed by atoms with Crippen LogP contribution < -0.4 is 10.1 Å². The molecule has 1 fully saturated rings. The molecule has 2 atom stereocenters. The van der Waals surface area contributed by atoms with Crippen LogP contribution in [0.25, 0.3) is 0 Å². The number of ether oxygens (including phenoxy) is 1. The molecule has 0 bridgehead atoms. The first kappa shape index (κ1) is 18.4. The molecule has 5 heteroatoms. The smallest absolute Gasteiger partial charge is 0.233 e. The van der Waals surface area contributed by atoms with Gasteiger partial charge in [0.15, 0.2) is 0 Å². The first-order valence-electron chi connectivity index (χ1n) is 9.65. The third kappa shape index (κ3) is 3.99. The van der Waals surface area contributed by atoms with Gasteiger partial charge in [-0.15, -0.1) is 11.8 Å². The molecule has 27 heavy (non-hydrogen) atoms. The lowest BCUT2D eigenvalue weighted by atomic mass is 10.0. The molecule has 1 saturated heterocycles. The Morgan fingerprint density at radius 1 is 1.19 bits per heavy atom. The fraction of sp³-hybridized carbons (Fsp3) is 0.409. The number of amides is 1. The van der Waals surface area contributed by atoms with Gasteiger partial charge in [-0.3, -0.25) is 9.69 Å². The van der Waals surface area contributed by atoms with Crippen LogP contribution in [0.2, 0.25) is 0 Å². The molecular formula is C22H26N2O2S. The second kappa shape index (κ2) is 8.36. The Bertz CT molecular complexity index is 779. The van der Waals surface area contributed by atoms with Gasteiger partial charge in [0.25, 0.3) is 0 Å². The van der Waals surface area contributed by atoms with E-state index in [1.54, 1.807) is 18.9 Å².